The number of benzene rings is 1. The van der Waals surface area contributed by atoms with E-state index < -0.39 is 24.0 Å². The van der Waals surface area contributed by atoms with Crippen molar-refractivity contribution in [3.63, 3.8) is 0 Å². The molecule has 3 aromatic rings. The van der Waals surface area contributed by atoms with Gasteiger partial charge in [-0.15, -0.1) is 11.3 Å². The highest BCUT2D eigenvalue weighted by Crippen LogP contribution is 2.29. The van der Waals surface area contributed by atoms with E-state index in [1.54, 1.807) is 24.3 Å². The second-order valence-corrected chi connectivity index (χ2v) is 10.5. The van der Waals surface area contributed by atoms with Crippen LogP contribution < -0.4 is 10.6 Å². The molecule has 34 heavy (non-hydrogen) atoms. The summed E-state index contributed by atoms with van der Waals surface area (Å²) in [5.41, 5.74) is 2.07. The summed E-state index contributed by atoms with van der Waals surface area (Å²) in [6.07, 6.45) is 1.27. The number of hydrogen-bond acceptors (Lipinski definition) is 6. The first kappa shape index (κ1) is 22.8. The normalized spacial score (nSPS) is 22.5. The van der Waals surface area contributed by atoms with E-state index in [4.69, 9.17) is 11.6 Å². The molecule has 2 unspecified atom stereocenters. The summed E-state index contributed by atoms with van der Waals surface area (Å²) in [7, 11) is 2.03. The van der Waals surface area contributed by atoms with Crippen molar-refractivity contribution < 1.29 is 19.5 Å². The average molecular weight is 502 g/mol. The number of thiazole rings is 1. The molecule has 0 bridgehead atoms. The standard InChI is InChI=1S/C23H24ClN5O4S/c1-29-5-4-15-19(10-29)34-22(28-15)21(31)27-17-9-12(23(32)33)8-16(17)26-20(30)18-7-11-6-13(24)2-3-14(11)25-18/h2-3,6-7,12,16-17,25H,4-5,8-10H2,1H3,(H,26,30)(H,27,31)(H,32,33)/t12?,16?,17-/m1/s1. The molecule has 5 rings (SSSR count). The Kier molecular flexibility index (Phi) is 6.05. The van der Waals surface area contributed by atoms with E-state index in [-0.39, 0.29) is 24.7 Å². The number of amides is 2. The molecule has 2 aromatic heterocycles. The van der Waals surface area contributed by atoms with Gasteiger partial charge in [-0.05, 0) is 44.2 Å². The number of aromatic amines is 1. The minimum absolute atomic E-state index is 0.233. The van der Waals surface area contributed by atoms with E-state index in [1.807, 2.05) is 7.05 Å². The molecule has 1 saturated carbocycles. The molecular weight excluding hydrogens is 478 g/mol. The van der Waals surface area contributed by atoms with Crippen molar-refractivity contribution in [1.82, 2.24) is 25.5 Å². The lowest BCUT2D eigenvalue weighted by Gasteiger charge is -2.21. The maximum absolute atomic E-state index is 13.0. The van der Waals surface area contributed by atoms with Gasteiger partial charge in [0.25, 0.3) is 11.8 Å². The van der Waals surface area contributed by atoms with Crippen LogP contribution in [0, 0.1) is 5.92 Å². The highest BCUT2D eigenvalue weighted by molar-refractivity contribution is 7.13. The predicted molar refractivity (Wildman–Crippen MR) is 128 cm³/mol. The van der Waals surface area contributed by atoms with Crippen molar-refractivity contribution in [2.45, 2.75) is 37.9 Å². The zero-order chi connectivity index (χ0) is 24.0. The number of aromatic nitrogens is 2. The molecule has 0 radical (unpaired) electrons. The Bertz CT molecular complexity index is 1290. The molecule has 178 valence electrons. The van der Waals surface area contributed by atoms with Gasteiger partial charge >= 0.3 is 5.97 Å². The number of likely N-dealkylation sites (N-methyl/N-ethyl adjacent to an activating group) is 1. The van der Waals surface area contributed by atoms with E-state index in [2.05, 4.69) is 25.5 Å². The lowest BCUT2D eigenvalue weighted by molar-refractivity contribution is -0.141. The van der Waals surface area contributed by atoms with E-state index in [1.165, 1.54) is 11.3 Å². The monoisotopic (exact) mass is 501 g/mol. The molecule has 4 N–H and O–H groups in total. The lowest BCUT2D eigenvalue weighted by atomic mass is 10.1. The summed E-state index contributed by atoms with van der Waals surface area (Å²) in [5, 5.41) is 17.1. The van der Waals surface area contributed by atoms with Gasteiger partial charge in [0.1, 0.15) is 5.69 Å². The van der Waals surface area contributed by atoms with Crippen molar-refractivity contribution in [3.8, 4) is 0 Å². The van der Waals surface area contributed by atoms with Gasteiger partial charge in [-0.3, -0.25) is 14.4 Å². The number of nitrogens with one attached hydrogen (secondary N) is 3. The molecule has 0 saturated heterocycles. The average Bonchev–Trinajstić information content (AvgIpc) is 3.50. The molecule has 3 atom stereocenters. The van der Waals surface area contributed by atoms with Gasteiger partial charge in [0, 0.05) is 40.3 Å². The van der Waals surface area contributed by atoms with Crippen LogP contribution in [0.15, 0.2) is 24.3 Å². The highest BCUT2D eigenvalue weighted by atomic mass is 35.5. The first-order valence-electron chi connectivity index (χ1n) is 11.1. The molecule has 0 spiro atoms. The summed E-state index contributed by atoms with van der Waals surface area (Å²) in [4.78, 5) is 48.4. The number of carboxylic acid groups (broad SMARTS) is 1. The van der Waals surface area contributed by atoms with Gasteiger partial charge < -0.3 is 25.6 Å². The number of carbonyl (C=O) groups excluding carboxylic acids is 2. The third-order valence-electron chi connectivity index (χ3n) is 6.49. The molecule has 3 heterocycles. The number of carboxylic acids is 1. The van der Waals surface area contributed by atoms with Crippen molar-refractivity contribution >= 4 is 51.6 Å². The minimum Gasteiger partial charge on any atom is -0.481 e. The maximum Gasteiger partial charge on any atom is 0.306 e. The molecule has 1 aliphatic heterocycles. The van der Waals surface area contributed by atoms with Crippen LogP contribution in [0.4, 0.5) is 0 Å². The molecule has 11 heteroatoms. The molecule has 2 aliphatic rings. The number of hydrogen-bond donors (Lipinski definition) is 4. The maximum atomic E-state index is 13.0. The van der Waals surface area contributed by atoms with Crippen LogP contribution in [0.2, 0.25) is 5.02 Å². The largest absolute Gasteiger partial charge is 0.481 e. The highest BCUT2D eigenvalue weighted by Gasteiger charge is 2.40. The van der Waals surface area contributed by atoms with Gasteiger partial charge in [-0.1, -0.05) is 11.6 Å². The summed E-state index contributed by atoms with van der Waals surface area (Å²) in [6, 6.07) is 5.95. The van der Waals surface area contributed by atoms with Crippen LogP contribution in [0.25, 0.3) is 10.9 Å². The van der Waals surface area contributed by atoms with Gasteiger partial charge in [-0.25, -0.2) is 4.98 Å². The fourth-order valence-corrected chi connectivity index (χ4v) is 5.95. The van der Waals surface area contributed by atoms with E-state index in [0.717, 1.165) is 41.0 Å². The predicted octanol–water partition coefficient (Wildman–Crippen LogP) is 2.66. The number of aliphatic carboxylic acids is 1. The number of carbonyl (C=O) groups is 3. The fraction of sp³-hybridized carbons (Fsp3) is 0.391. The second kappa shape index (κ2) is 9.01. The lowest BCUT2D eigenvalue weighted by Crippen LogP contribution is -2.48. The Labute approximate surface area is 204 Å². The Hall–Kier alpha value is -2.95. The summed E-state index contributed by atoms with van der Waals surface area (Å²) in [5.74, 6) is -2.30. The fourth-order valence-electron chi connectivity index (χ4n) is 4.68. The zero-order valence-corrected chi connectivity index (χ0v) is 20.0. The van der Waals surface area contributed by atoms with Crippen LogP contribution in [-0.2, 0) is 17.8 Å². The number of H-pyrrole nitrogens is 1. The van der Waals surface area contributed by atoms with Crippen LogP contribution in [0.5, 0.6) is 0 Å². The molecule has 9 nitrogen and oxygen atoms in total. The van der Waals surface area contributed by atoms with E-state index in [9.17, 15) is 19.5 Å². The molecule has 1 fully saturated rings. The summed E-state index contributed by atoms with van der Waals surface area (Å²) >= 11 is 7.40. The van der Waals surface area contributed by atoms with Gasteiger partial charge in [0.15, 0.2) is 5.01 Å². The quantitative estimate of drug-likeness (QED) is 0.425. The van der Waals surface area contributed by atoms with Gasteiger partial charge in [-0.2, -0.15) is 0 Å². The van der Waals surface area contributed by atoms with E-state index in [0.29, 0.717) is 15.7 Å². The Morgan fingerprint density at radius 1 is 1.18 bits per heavy atom. The Morgan fingerprint density at radius 2 is 1.91 bits per heavy atom. The van der Waals surface area contributed by atoms with Crippen LogP contribution in [0.1, 0.15) is 43.7 Å². The number of fused-ring (bicyclic) bond motifs is 2. The first-order valence-corrected chi connectivity index (χ1v) is 12.3. The SMILES string of the molecule is CN1CCc2nc(C(=O)N[C@@H]3CC(C(=O)O)CC3NC(=O)c3cc4cc(Cl)ccc4[nH]3)sc2C1. The van der Waals surface area contributed by atoms with Crippen molar-refractivity contribution in [1.29, 1.82) is 0 Å². The van der Waals surface area contributed by atoms with Gasteiger partial charge in [0.05, 0.1) is 23.7 Å². The molecule has 2 amide bonds. The smallest absolute Gasteiger partial charge is 0.306 e. The topological polar surface area (TPSA) is 127 Å². The minimum atomic E-state index is -0.941. The van der Waals surface area contributed by atoms with Crippen molar-refractivity contribution in [2.24, 2.45) is 5.92 Å². The summed E-state index contributed by atoms with van der Waals surface area (Å²) in [6.45, 7) is 1.66. The van der Waals surface area contributed by atoms with E-state index >= 15 is 0 Å². The Morgan fingerprint density at radius 3 is 2.65 bits per heavy atom. The van der Waals surface area contributed by atoms with Gasteiger partial charge in [0.2, 0.25) is 0 Å². The van der Waals surface area contributed by atoms with Crippen LogP contribution in [-0.4, -0.2) is 63.4 Å². The number of nitrogens with zero attached hydrogens (tertiary/aromatic N) is 2. The number of halogens is 1. The molecular formula is C23H24ClN5O4S. The summed E-state index contributed by atoms with van der Waals surface area (Å²) < 4.78 is 0. The number of rotatable bonds is 5. The first-order chi connectivity index (χ1) is 16.3. The Balaban J connectivity index is 1.31. The zero-order valence-electron chi connectivity index (χ0n) is 18.4. The molecule has 1 aliphatic carbocycles. The second-order valence-electron chi connectivity index (χ2n) is 8.96. The van der Waals surface area contributed by atoms with Crippen molar-refractivity contribution in [3.05, 3.63) is 50.6 Å². The third kappa shape index (κ3) is 4.53. The third-order valence-corrected chi connectivity index (χ3v) is 7.80. The molecule has 1 aromatic carbocycles. The van der Waals surface area contributed by atoms with Crippen LogP contribution >= 0.6 is 22.9 Å². The van der Waals surface area contributed by atoms with Crippen LogP contribution in [0.3, 0.4) is 0 Å². The van der Waals surface area contributed by atoms with Crippen molar-refractivity contribution in [2.75, 3.05) is 13.6 Å².